The van der Waals surface area contributed by atoms with Gasteiger partial charge in [0.15, 0.2) is 0 Å². The van der Waals surface area contributed by atoms with Crippen LogP contribution in [0.4, 0.5) is 17.5 Å². The predicted octanol–water partition coefficient (Wildman–Crippen LogP) is 0.497. The number of aromatic amines is 1. The van der Waals surface area contributed by atoms with Crippen molar-refractivity contribution in [1.82, 2.24) is 40.4 Å². The summed E-state index contributed by atoms with van der Waals surface area (Å²) in [6.07, 6.45) is 3.18. The number of hydrogen-bond donors (Lipinski definition) is 3. The van der Waals surface area contributed by atoms with Crippen LogP contribution in [0.25, 0.3) is 5.95 Å². The van der Waals surface area contributed by atoms with E-state index in [1.165, 1.54) is 0 Å². The van der Waals surface area contributed by atoms with Crippen LogP contribution in [0.2, 0.25) is 0 Å². The number of H-pyrrole nitrogens is 1. The van der Waals surface area contributed by atoms with Gasteiger partial charge in [0, 0.05) is 19.3 Å². The molecule has 1 atom stereocenters. The summed E-state index contributed by atoms with van der Waals surface area (Å²) < 4.78 is 1.60. The zero-order chi connectivity index (χ0) is 18.1. The molecule has 3 aromatic heterocycles. The number of aliphatic hydroxyl groups is 1. The molecule has 0 spiro atoms. The SMILES string of the molecule is Cc1nn(-c2nn[nH]n2)c(C)c1Nc1nccc(N2CCCC(O)C2)n1. The van der Waals surface area contributed by atoms with Gasteiger partial charge in [-0.25, -0.2) is 4.98 Å². The van der Waals surface area contributed by atoms with Crippen molar-refractivity contribution < 1.29 is 5.11 Å². The molecule has 4 rings (SSSR count). The molecule has 1 aliphatic rings. The highest BCUT2D eigenvalue weighted by Crippen LogP contribution is 2.25. The largest absolute Gasteiger partial charge is 0.391 e. The summed E-state index contributed by atoms with van der Waals surface area (Å²) in [6, 6.07) is 1.85. The van der Waals surface area contributed by atoms with Crippen LogP contribution in [0.5, 0.6) is 0 Å². The van der Waals surface area contributed by atoms with E-state index in [0.717, 1.165) is 42.3 Å². The highest BCUT2D eigenvalue weighted by molar-refractivity contribution is 5.61. The van der Waals surface area contributed by atoms with Gasteiger partial charge in [-0.1, -0.05) is 5.10 Å². The summed E-state index contributed by atoms with van der Waals surface area (Å²) in [5.74, 6) is 1.64. The summed E-state index contributed by atoms with van der Waals surface area (Å²) in [5.41, 5.74) is 2.40. The van der Waals surface area contributed by atoms with Crippen molar-refractivity contribution in [2.75, 3.05) is 23.3 Å². The molecule has 1 saturated heterocycles. The normalized spacial score (nSPS) is 17.5. The molecule has 4 heterocycles. The highest BCUT2D eigenvalue weighted by atomic mass is 16.3. The maximum absolute atomic E-state index is 9.88. The van der Waals surface area contributed by atoms with Crippen LogP contribution < -0.4 is 10.2 Å². The first-order valence-corrected chi connectivity index (χ1v) is 8.45. The molecule has 0 saturated carbocycles. The number of nitrogens with zero attached hydrogens (tertiary/aromatic N) is 8. The van der Waals surface area contributed by atoms with Crippen LogP contribution in [-0.4, -0.2) is 64.7 Å². The first kappa shape index (κ1) is 16.4. The lowest BCUT2D eigenvalue weighted by Gasteiger charge is -2.31. The van der Waals surface area contributed by atoms with E-state index in [1.54, 1.807) is 10.9 Å². The first-order chi connectivity index (χ1) is 12.6. The molecule has 11 heteroatoms. The second kappa shape index (κ2) is 6.67. The van der Waals surface area contributed by atoms with Crippen molar-refractivity contribution >= 4 is 17.5 Å². The Morgan fingerprint density at radius 1 is 1.35 bits per heavy atom. The van der Waals surface area contributed by atoms with Crippen LogP contribution in [0.15, 0.2) is 12.3 Å². The van der Waals surface area contributed by atoms with E-state index >= 15 is 0 Å². The molecule has 0 amide bonds. The molecule has 0 bridgehead atoms. The van der Waals surface area contributed by atoms with Crippen LogP contribution in [-0.2, 0) is 0 Å². The number of aryl methyl sites for hydroxylation is 1. The van der Waals surface area contributed by atoms with Crippen LogP contribution >= 0.6 is 0 Å². The van der Waals surface area contributed by atoms with Crippen molar-refractivity contribution in [3.05, 3.63) is 23.7 Å². The van der Waals surface area contributed by atoms with Crippen molar-refractivity contribution in [1.29, 1.82) is 0 Å². The van der Waals surface area contributed by atoms with E-state index < -0.39 is 0 Å². The average molecular weight is 356 g/mol. The minimum Gasteiger partial charge on any atom is -0.391 e. The van der Waals surface area contributed by atoms with Crippen molar-refractivity contribution in [2.24, 2.45) is 0 Å². The topological polar surface area (TPSA) is 134 Å². The van der Waals surface area contributed by atoms with Gasteiger partial charge in [-0.2, -0.15) is 20.0 Å². The van der Waals surface area contributed by atoms with Gasteiger partial charge in [0.25, 0.3) is 5.95 Å². The lowest BCUT2D eigenvalue weighted by molar-refractivity contribution is 0.154. The van der Waals surface area contributed by atoms with Crippen LogP contribution in [0.3, 0.4) is 0 Å². The molecule has 1 aliphatic heterocycles. The van der Waals surface area contributed by atoms with Gasteiger partial charge in [0.05, 0.1) is 23.2 Å². The zero-order valence-electron chi connectivity index (χ0n) is 14.6. The number of hydrogen-bond acceptors (Lipinski definition) is 9. The lowest BCUT2D eigenvalue weighted by Crippen LogP contribution is -2.38. The molecule has 3 N–H and O–H groups in total. The van der Waals surface area contributed by atoms with Gasteiger partial charge in [0.1, 0.15) is 5.82 Å². The number of aromatic nitrogens is 8. The van der Waals surface area contributed by atoms with Gasteiger partial charge in [-0.15, -0.1) is 5.10 Å². The Morgan fingerprint density at radius 2 is 2.23 bits per heavy atom. The quantitative estimate of drug-likeness (QED) is 0.611. The minimum absolute atomic E-state index is 0.312. The fourth-order valence-corrected chi connectivity index (χ4v) is 3.12. The Bertz CT molecular complexity index is 890. The van der Waals surface area contributed by atoms with Crippen molar-refractivity contribution in [3.63, 3.8) is 0 Å². The number of nitrogens with one attached hydrogen (secondary N) is 2. The zero-order valence-corrected chi connectivity index (χ0v) is 14.6. The second-order valence-electron chi connectivity index (χ2n) is 6.27. The summed E-state index contributed by atoms with van der Waals surface area (Å²) in [4.78, 5) is 11.0. The smallest absolute Gasteiger partial charge is 0.290 e. The van der Waals surface area contributed by atoms with Crippen molar-refractivity contribution in [3.8, 4) is 5.95 Å². The van der Waals surface area contributed by atoms with Gasteiger partial charge < -0.3 is 15.3 Å². The third-order valence-corrected chi connectivity index (χ3v) is 4.41. The third kappa shape index (κ3) is 3.08. The Labute approximate surface area is 149 Å². The Kier molecular flexibility index (Phi) is 4.21. The summed E-state index contributed by atoms with van der Waals surface area (Å²) in [5, 5.41) is 31.4. The van der Waals surface area contributed by atoms with Gasteiger partial charge >= 0.3 is 0 Å². The molecule has 0 aromatic carbocycles. The van der Waals surface area contributed by atoms with Crippen molar-refractivity contribution in [2.45, 2.75) is 32.8 Å². The molecule has 11 nitrogen and oxygen atoms in total. The third-order valence-electron chi connectivity index (χ3n) is 4.41. The number of aliphatic hydroxyl groups excluding tert-OH is 1. The molecule has 26 heavy (non-hydrogen) atoms. The van der Waals surface area contributed by atoms with Gasteiger partial charge in [0.2, 0.25) is 5.95 Å². The monoisotopic (exact) mass is 356 g/mol. The molecule has 1 unspecified atom stereocenters. The lowest BCUT2D eigenvalue weighted by atomic mass is 10.1. The Morgan fingerprint density at radius 3 is 3.00 bits per heavy atom. The fourth-order valence-electron chi connectivity index (χ4n) is 3.12. The van der Waals surface area contributed by atoms with E-state index in [1.807, 2.05) is 19.9 Å². The molecular formula is C15H20N10O. The van der Waals surface area contributed by atoms with Crippen LogP contribution in [0, 0.1) is 13.8 Å². The molecule has 1 fully saturated rings. The number of β-amino-alcohol motifs (C(OH)–C–C–N with tert-alkyl or cyclic N) is 1. The maximum atomic E-state index is 9.88. The first-order valence-electron chi connectivity index (χ1n) is 8.45. The standard InChI is InChI=1S/C15H20N10O/c1-9-13(10(2)25(21-9)15-19-22-23-20-15)18-14-16-6-5-12(17-14)24-7-3-4-11(26)8-24/h5-6,11,26H,3-4,7-8H2,1-2H3,(H,16,17,18)(H,19,20,22,23). The van der Waals surface area contributed by atoms with Gasteiger partial charge in [-0.3, -0.25) is 0 Å². The molecule has 0 radical (unpaired) electrons. The molecular weight excluding hydrogens is 336 g/mol. The fraction of sp³-hybridized carbons (Fsp3) is 0.467. The van der Waals surface area contributed by atoms with E-state index in [4.69, 9.17) is 0 Å². The van der Waals surface area contributed by atoms with E-state index in [2.05, 4.69) is 45.9 Å². The van der Waals surface area contributed by atoms with Gasteiger partial charge in [-0.05, 0) is 38.0 Å². The van der Waals surface area contributed by atoms with E-state index in [9.17, 15) is 5.11 Å². The highest BCUT2D eigenvalue weighted by Gasteiger charge is 2.20. The molecule has 0 aliphatic carbocycles. The Balaban J connectivity index is 1.59. The van der Waals surface area contributed by atoms with E-state index in [0.29, 0.717) is 18.4 Å². The van der Waals surface area contributed by atoms with Crippen LogP contribution in [0.1, 0.15) is 24.2 Å². The Hall–Kier alpha value is -3.08. The molecule has 3 aromatic rings. The minimum atomic E-state index is -0.312. The maximum Gasteiger partial charge on any atom is 0.290 e. The molecule has 136 valence electrons. The average Bonchev–Trinajstić information content (AvgIpc) is 3.26. The number of tetrazole rings is 1. The number of rotatable bonds is 4. The summed E-state index contributed by atoms with van der Waals surface area (Å²) in [6.45, 7) is 5.26. The number of piperidine rings is 1. The predicted molar refractivity (Wildman–Crippen MR) is 93.5 cm³/mol. The summed E-state index contributed by atoms with van der Waals surface area (Å²) in [7, 11) is 0. The number of anilines is 3. The second-order valence-corrected chi connectivity index (χ2v) is 6.27. The van der Waals surface area contributed by atoms with E-state index in [-0.39, 0.29) is 6.10 Å². The summed E-state index contributed by atoms with van der Waals surface area (Å²) >= 11 is 0.